The lowest BCUT2D eigenvalue weighted by Crippen LogP contribution is -2.28. The molecule has 0 bridgehead atoms. The number of nitrogens with one attached hydrogen (secondary N) is 1. The van der Waals surface area contributed by atoms with E-state index in [0.717, 1.165) is 12.8 Å². The van der Waals surface area contributed by atoms with Crippen LogP contribution < -0.4 is 11.3 Å². The maximum atomic E-state index is 8.44. The van der Waals surface area contributed by atoms with Gasteiger partial charge >= 0.3 is 0 Å². The minimum absolute atomic E-state index is 0.0885. The first-order valence-corrected chi connectivity index (χ1v) is 2.68. The highest BCUT2D eigenvalue weighted by atomic mass is 15.2. The first-order chi connectivity index (χ1) is 3.83. The van der Waals surface area contributed by atoms with E-state index in [4.69, 9.17) is 11.1 Å². The van der Waals surface area contributed by atoms with E-state index in [0.29, 0.717) is 6.54 Å². The lowest BCUT2D eigenvalue weighted by Gasteiger charge is -2.00. The molecule has 3 nitrogen and oxygen atoms in total. The molecule has 0 aromatic rings. The van der Waals surface area contributed by atoms with Gasteiger partial charge in [-0.15, -0.1) is 0 Å². The van der Waals surface area contributed by atoms with Crippen LogP contribution >= 0.6 is 0 Å². The van der Waals surface area contributed by atoms with Crippen molar-refractivity contribution >= 4 is 0 Å². The summed E-state index contributed by atoms with van der Waals surface area (Å²) in [6.45, 7) is 0.642. The fourth-order valence-corrected chi connectivity index (χ4v) is 0.674. The number of nitriles is 1. The molecule has 8 heavy (non-hydrogen) atoms. The molecule has 1 rings (SSSR count). The number of nitrogens with zero attached hydrogens (tertiary/aromatic N) is 1. The van der Waals surface area contributed by atoms with Crippen LogP contribution in [-0.4, -0.2) is 6.54 Å². The summed E-state index contributed by atoms with van der Waals surface area (Å²) in [7, 11) is 0. The molecule has 0 saturated heterocycles. The summed E-state index contributed by atoms with van der Waals surface area (Å²) >= 11 is 0. The predicted octanol–water partition coefficient (Wildman–Crippen LogP) is -0.247. The SMILES string of the molecule is N#CC1(CNN)CC1. The van der Waals surface area contributed by atoms with Gasteiger partial charge in [0.05, 0.1) is 11.5 Å². The van der Waals surface area contributed by atoms with E-state index < -0.39 is 0 Å². The van der Waals surface area contributed by atoms with Gasteiger partial charge in [0.1, 0.15) is 0 Å². The number of nitrogens with two attached hydrogens (primary N) is 1. The molecule has 44 valence electrons. The van der Waals surface area contributed by atoms with Gasteiger partial charge < -0.3 is 0 Å². The molecule has 1 fully saturated rings. The summed E-state index contributed by atoms with van der Waals surface area (Å²) in [5, 5.41) is 8.44. The van der Waals surface area contributed by atoms with E-state index in [-0.39, 0.29) is 5.41 Å². The van der Waals surface area contributed by atoms with Crippen LogP contribution in [-0.2, 0) is 0 Å². The normalized spacial score (nSPS) is 22.0. The zero-order valence-corrected chi connectivity index (χ0v) is 4.65. The van der Waals surface area contributed by atoms with Crippen LogP contribution in [0.15, 0.2) is 0 Å². The Kier molecular flexibility index (Phi) is 1.20. The average Bonchev–Trinajstić information content (AvgIpc) is 2.50. The van der Waals surface area contributed by atoms with Crippen LogP contribution in [0.3, 0.4) is 0 Å². The van der Waals surface area contributed by atoms with E-state index in [9.17, 15) is 0 Å². The second-order valence-electron chi connectivity index (χ2n) is 2.27. The zero-order chi connectivity index (χ0) is 6.04. The van der Waals surface area contributed by atoms with Gasteiger partial charge in [-0.1, -0.05) is 0 Å². The van der Waals surface area contributed by atoms with Crippen molar-refractivity contribution in [3.63, 3.8) is 0 Å². The molecule has 0 radical (unpaired) electrons. The van der Waals surface area contributed by atoms with E-state index in [2.05, 4.69) is 11.5 Å². The van der Waals surface area contributed by atoms with Crippen molar-refractivity contribution in [2.24, 2.45) is 11.3 Å². The Morgan fingerprint density at radius 1 is 1.75 bits per heavy atom. The molecule has 0 atom stereocenters. The van der Waals surface area contributed by atoms with Gasteiger partial charge in [0.15, 0.2) is 0 Å². The summed E-state index contributed by atoms with van der Waals surface area (Å²) in [6.07, 6.45) is 2.02. The molecule has 1 aliphatic carbocycles. The van der Waals surface area contributed by atoms with Crippen molar-refractivity contribution in [1.82, 2.24) is 5.43 Å². The van der Waals surface area contributed by atoms with Crippen molar-refractivity contribution < 1.29 is 0 Å². The molecule has 3 N–H and O–H groups in total. The summed E-state index contributed by atoms with van der Waals surface area (Å²) < 4.78 is 0. The quantitative estimate of drug-likeness (QED) is 0.381. The highest BCUT2D eigenvalue weighted by Gasteiger charge is 2.42. The lowest BCUT2D eigenvalue weighted by atomic mass is 10.1. The Labute approximate surface area is 48.4 Å². The molecule has 0 aromatic heterocycles. The van der Waals surface area contributed by atoms with Crippen LogP contribution in [0.5, 0.6) is 0 Å². The van der Waals surface area contributed by atoms with Gasteiger partial charge in [-0.05, 0) is 12.8 Å². The molecule has 1 saturated carbocycles. The third kappa shape index (κ3) is 0.808. The second kappa shape index (κ2) is 1.73. The maximum absolute atomic E-state index is 8.44. The topological polar surface area (TPSA) is 61.8 Å². The van der Waals surface area contributed by atoms with E-state index >= 15 is 0 Å². The van der Waals surface area contributed by atoms with Crippen LogP contribution in [0.4, 0.5) is 0 Å². The van der Waals surface area contributed by atoms with Gasteiger partial charge in [0, 0.05) is 6.54 Å². The lowest BCUT2D eigenvalue weighted by molar-refractivity contribution is 0.576. The average molecular weight is 111 g/mol. The number of hydrogen-bond acceptors (Lipinski definition) is 3. The molecule has 0 aromatic carbocycles. The molecular formula is C5H9N3. The molecule has 1 aliphatic rings. The van der Waals surface area contributed by atoms with Gasteiger partial charge in [0.25, 0.3) is 0 Å². The van der Waals surface area contributed by atoms with Crippen molar-refractivity contribution in [1.29, 1.82) is 5.26 Å². The van der Waals surface area contributed by atoms with Crippen molar-refractivity contribution in [3.8, 4) is 6.07 Å². The first-order valence-electron chi connectivity index (χ1n) is 2.68. The van der Waals surface area contributed by atoms with E-state index in [1.54, 1.807) is 0 Å². The first kappa shape index (κ1) is 5.54. The van der Waals surface area contributed by atoms with E-state index in [1.807, 2.05) is 0 Å². The maximum Gasteiger partial charge on any atom is 0.0713 e. The third-order valence-electron chi connectivity index (χ3n) is 1.53. The molecule has 3 heteroatoms. The predicted molar refractivity (Wildman–Crippen MR) is 29.5 cm³/mol. The minimum atomic E-state index is -0.0885. The number of hydrogen-bond donors (Lipinski definition) is 2. The van der Waals surface area contributed by atoms with Crippen molar-refractivity contribution in [2.45, 2.75) is 12.8 Å². The van der Waals surface area contributed by atoms with Crippen LogP contribution in [0.2, 0.25) is 0 Å². The Hall–Kier alpha value is -0.590. The van der Waals surface area contributed by atoms with Crippen molar-refractivity contribution in [2.75, 3.05) is 6.54 Å². The largest absolute Gasteiger partial charge is 0.271 e. The van der Waals surface area contributed by atoms with Gasteiger partial charge in [-0.3, -0.25) is 11.3 Å². The molecule has 0 aliphatic heterocycles. The molecular weight excluding hydrogens is 102 g/mol. The Morgan fingerprint density at radius 2 is 2.38 bits per heavy atom. The molecule has 0 spiro atoms. The van der Waals surface area contributed by atoms with Gasteiger partial charge in [-0.25, -0.2) is 0 Å². The molecule has 0 unspecified atom stereocenters. The smallest absolute Gasteiger partial charge is 0.0713 e. The van der Waals surface area contributed by atoms with Gasteiger partial charge in [0.2, 0.25) is 0 Å². The standard InChI is InChI=1S/C5H9N3/c6-3-5(1-2-5)4-8-7/h8H,1-2,4,7H2. The summed E-state index contributed by atoms with van der Waals surface area (Å²) in [5.74, 6) is 5.03. The Morgan fingerprint density at radius 3 is 2.50 bits per heavy atom. The highest BCUT2D eigenvalue weighted by Crippen LogP contribution is 2.43. The molecule has 0 heterocycles. The highest BCUT2D eigenvalue weighted by molar-refractivity contribution is 5.10. The van der Waals surface area contributed by atoms with Crippen molar-refractivity contribution in [3.05, 3.63) is 0 Å². The summed E-state index contributed by atoms with van der Waals surface area (Å²) in [4.78, 5) is 0. The third-order valence-corrected chi connectivity index (χ3v) is 1.53. The molecule has 0 amide bonds. The fraction of sp³-hybridized carbons (Fsp3) is 0.800. The minimum Gasteiger partial charge on any atom is -0.271 e. The number of rotatable bonds is 2. The monoisotopic (exact) mass is 111 g/mol. The van der Waals surface area contributed by atoms with Crippen LogP contribution in [0, 0.1) is 16.7 Å². The van der Waals surface area contributed by atoms with E-state index in [1.165, 1.54) is 0 Å². The fourth-order valence-electron chi connectivity index (χ4n) is 0.674. The second-order valence-corrected chi connectivity index (χ2v) is 2.27. The number of hydrazine groups is 1. The van der Waals surface area contributed by atoms with Gasteiger partial charge in [-0.2, -0.15) is 5.26 Å². The Bertz CT molecular complexity index is 120. The summed E-state index contributed by atoms with van der Waals surface area (Å²) in [5.41, 5.74) is 2.41. The zero-order valence-electron chi connectivity index (χ0n) is 4.65. The summed E-state index contributed by atoms with van der Waals surface area (Å²) in [6, 6.07) is 2.21. The van der Waals surface area contributed by atoms with Crippen LogP contribution in [0.25, 0.3) is 0 Å². The Balaban J connectivity index is 2.33. The van der Waals surface area contributed by atoms with Crippen LogP contribution in [0.1, 0.15) is 12.8 Å².